The second-order valence-corrected chi connectivity index (χ2v) is 4.80. The number of fused-ring (bicyclic) bond motifs is 1. The van der Waals surface area contributed by atoms with E-state index in [0.717, 1.165) is 5.39 Å². The molecule has 104 valence electrons. The van der Waals surface area contributed by atoms with Crippen LogP contribution in [-0.4, -0.2) is 10.5 Å². The van der Waals surface area contributed by atoms with Crippen molar-refractivity contribution in [1.29, 1.82) is 0 Å². The molecule has 3 rings (SSSR count). The zero-order chi connectivity index (χ0) is 14.8. The van der Waals surface area contributed by atoms with Gasteiger partial charge in [-0.2, -0.15) is 0 Å². The van der Waals surface area contributed by atoms with Crippen molar-refractivity contribution in [1.82, 2.24) is 4.57 Å². The predicted molar refractivity (Wildman–Crippen MR) is 83.6 cm³/mol. The van der Waals surface area contributed by atoms with Crippen molar-refractivity contribution in [2.75, 3.05) is 5.32 Å². The molecule has 4 nitrogen and oxygen atoms in total. The maximum Gasteiger partial charge on any atom is 0.272 e. The van der Waals surface area contributed by atoms with Crippen LogP contribution in [0, 0.1) is 0 Å². The predicted octanol–water partition coefficient (Wildman–Crippen LogP) is 2.79. The molecule has 4 heteroatoms. The molecule has 0 atom stereocenters. The van der Waals surface area contributed by atoms with Gasteiger partial charge in [0.05, 0.1) is 0 Å². The van der Waals surface area contributed by atoms with Crippen molar-refractivity contribution in [2.24, 2.45) is 7.05 Å². The lowest BCUT2D eigenvalue weighted by molar-refractivity contribution is 0.101. The molecular weight excluding hydrogens is 264 g/mol. The van der Waals surface area contributed by atoms with E-state index in [-0.39, 0.29) is 11.5 Å². The van der Waals surface area contributed by atoms with Gasteiger partial charge >= 0.3 is 0 Å². The minimum Gasteiger partial charge on any atom is -0.321 e. The minimum absolute atomic E-state index is 0.175. The molecule has 0 aliphatic rings. The molecule has 21 heavy (non-hydrogen) atoms. The molecule has 0 aliphatic heterocycles. The van der Waals surface area contributed by atoms with Gasteiger partial charge in [-0.05, 0) is 29.7 Å². The van der Waals surface area contributed by atoms with E-state index in [2.05, 4.69) is 5.32 Å². The molecule has 1 heterocycles. The lowest BCUT2D eigenvalue weighted by Crippen LogP contribution is -2.26. The van der Waals surface area contributed by atoms with Gasteiger partial charge in [0.15, 0.2) is 0 Å². The second kappa shape index (κ2) is 5.25. The first kappa shape index (κ1) is 13.1. The van der Waals surface area contributed by atoms with Gasteiger partial charge in [0.25, 0.3) is 11.5 Å². The summed E-state index contributed by atoms with van der Waals surface area (Å²) in [7, 11) is 1.61. The van der Waals surface area contributed by atoms with Crippen LogP contribution in [0.2, 0.25) is 0 Å². The summed E-state index contributed by atoms with van der Waals surface area (Å²) >= 11 is 0. The molecule has 0 saturated carbocycles. The molecule has 0 spiro atoms. The lowest BCUT2D eigenvalue weighted by Gasteiger charge is -2.10. The Balaban J connectivity index is 2.06. The number of hydrogen-bond acceptors (Lipinski definition) is 2. The number of nitrogens with zero attached hydrogens (tertiary/aromatic N) is 1. The maximum absolute atomic E-state index is 12.4. The molecule has 3 aromatic rings. The number of nitrogens with one attached hydrogen (secondary N) is 1. The van der Waals surface area contributed by atoms with E-state index in [4.69, 9.17) is 0 Å². The molecule has 0 unspecified atom stereocenters. The molecule has 2 aromatic carbocycles. The average molecular weight is 278 g/mol. The fraction of sp³-hybridized carbons (Fsp3) is 0.0588. The SMILES string of the molecule is Cn1c(C(=O)Nc2ccccc2)cc2ccccc2c1=O. The fourth-order valence-corrected chi connectivity index (χ4v) is 2.29. The van der Waals surface area contributed by atoms with Crippen molar-refractivity contribution in [3.63, 3.8) is 0 Å². The number of pyridine rings is 1. The third kappa shape index (κ3) is 2.43. The third-order valence-electron chi connectivity index (χ3n) is 3.41. The van der Waals surface area contributed by atoms with Crippen LogP contribution in [-0.2, 0) is 7.05 Å². The van der Waals surface area contributed by atoms with E-state index < -0.39 is 0 Å². The van der Waals surface area contributed by atoms with Gasteiger partial charge in [-0.25, -0.2) is 0 Å². The van der Waals surface area contributed by atoms with E-state index in [1.165, 1.54) is 4.57 Å². The Labute approximate surface area is 121 Å². The Hall–Kier alpha value is -2.88. The Morgan fingerprint density at radius 3 is 2.43 bits per heavy atom. The van der Waals surface area contributed by atoms with E-state index in [1.807, 2.05) is 36.4 Å². The number of para-hydroxylation sites is 1. The molecule has 1 N–H and O–H groups in total. The highest BCUT2D eigenvalue weighted by Gasteiger charge is 2.13. The molecular formula is C17H14N2O2. The van der Waals surface area contributed by atoms with Gasteiger partial charge < -0.3 is 9.88 Å². The standard InChI is InChI=1S/C17H14N2O2/c1-19-15(16(20)18-13-8-3-2-4-9-13)11-12-7-5-6-10-14(12)17(19)21/h2-11H,1H3,(H,18,20). The Bertz CT molecular complexity index is 867. The van der Waals surface area contributed by atoms with Gasteiger partial charge in [0, 0.05) is 18.1 Å². The van der Waals surface area contributed by atoms with Gasteiger partial charge in [0.2, 0.25) is 0 Å². The van der Waals surface area contributed by atoms with Gasteiger partial charge in [0.1, 0.15) is 5.69 Å². The van der Waals surface area contributed by atoms with Crippen LogP contribution in [0.15, 0.2) is 65.5 Å². The summed E-state index contributed by atoms with van der Waals surface area (Å²) in [6.07, 6.45) is 0. The van der Waals surface area contributed by atoms with Crippen LogP contribution >= 0.6 is 0 Å². The van der Waals surface area contributed by atoms with Gasteiger partial charge in [-0.3, -0.25) is 9.59 Å². The van der Waals surface area contributed by atoms with E-state index in [0.29, 0.717) is 16.8 Å². The summed E-state index contributed by atoms with van der Waals surface area (Å²) in [5.41, 5.74) is 0.858. The normalized spacial score (nSPS) is 10.5. The van der Waals surface area contributed by atoms with Crippen molar-refractivity contribution in [2.45, 2.75) is 0 Å². The highest BCUT2D eigenvalue weighted by molar-refractivity contribution is 6.05. The van der Waals surface area contributed by atoms with Crippen LogP contribution in [0.3, 0.4) is 0 Å². The topological polar surface area (TPSA) is 51.1 Å². The fourth-order valence-electron chi connectivity index (χ4n) is 2.29. The van der Waals surface area contributed by atoms with Crippen molar-refractivity contribution in [3.8, 4) is 0 Å². The highest BCUT2D eigenvalue weighted by Crippen LogP contribution is 2.13. The quantitative estimate of drug-likeness (QED) is 0.783. The first-order chi connectivity index (χ1) is 10.2. The Morgan fingerprint density at radius 2 is 1.67 bits per heavy atom. The molecule has 0 fully saturated rings. The number of amides is 1. The number of hydrogen-bond donors (Lipinski definition) is 1. The smallest absolute Gasteiger partial charge is 0.272 e. The van der Waals surface area contributed by atoms with Crippen LogP contribution in [0.5, 0.6) is 0 Å². The molecule has 1 aromatic heterocycles. The van der Waals surface area contributed by atoms with Gasteiger partial charge in [-0.15, -0.1) is 0 Å². The first-order valence-electron chi connectivity index (χ1n) is 6.62. The maximum atomic E-state index is 12.4. The van der Waals surface area contributed by atoms with Gasteiger partial charge in [-0.1, -0.05) is 36.4 Å². The summed E-state index contributed by atoms with van der Waals surface area (Å²) in [5.74, 6) is -0.299. The lowest BCUT2D eigenvalue weighted by atomic mass is 10.1. The van der Waals surface area contributed by atoms with Crippen molar-refractivity contribution < 1.29 is 4.79 Å². The molecule has 0 radical (unpaired) electrons. The average Bonchev–Trinajstić information content (AvgIpc) is 2.52. The molecule has 0 saturated heterocycles. The van der Waals surface area contributed by atoms with E-state index in [9.17, 15) is 9.59 Å². The van der Waals surface area contributed by atoms with Crippen LogP contribution < -0.4 is 10.9 Å². The summed E-state index contributed by atoms with van der Waals surface area (Å²) in [6.45, 7) is 0. The largest absolute Gasteiger partial charge is 0.321 e. The first-order valence-corrected chi connectivity index (χ1v) is 6.62. The van der Waals surface area contributed by atoms with Crippen LogP contribution in [0.4, 0.5) is 5.69 Å². The summed E-state index contributed by atoms with van der Waals surface area (Å²) in [4.78, 5) is 24.6. The van der Waals surface area contributed by atoms with Crippen LogP contribution in [0.1, 0.15) is 10.5 Å². The minimum atomic E-state index is -0.299. The number of aromatic nitrogens is 1. The highest BCUT2D eigenvalue weighted by atomic mass is 16.2. The third-order valence-corrected chi connectivity index (χ3v) is 3.41. The summed E-state index contributed by atoms with van der Waals surface area (Å²) < 4.78 is 1.38. The number of anilines is 1. The Kier molecular flexibility index (Phi) is 3.28. The summed E-state index contributed by atoms with van der Waals surface area (Å²) in [6, 6.07) is 18.1. The molecule has 0 bridgehead atoms. The van der Waals surface area contributed by atoms with E-state index >= 15 is 0 Å². The number of benzene rings is 2. The van der Waals surface area contributed by atoms with Crippen LogP contribution in [0.25, 0.3) is 10.8 Å². The Morgan fingerprint density at radius 1 is 1.00 bits per heavy atom. The van der Waals surface area contributed by atoms with E-state index in [1.54, 1.807) is 31.3 Å². The zero-order valence-corrected chi connectivity index (χ0v) is 11.5. The number of rotatable bonds is 2. The van der Waals surface area contributed by atoms with Crippen molar-refractivity contribution >= 4 is 22.4 Å². The number of carbonyl (C=O) groups excluding carboxylic acids is 1. The molecule has 1 amide bonds. The second-order valence-electron chi connectivity index (χ2n) is 4.80. The zero-order valence-electron chi connectivity index (χ0n) is 11.5. The molecule has 0 aliphatic carbocycles. The number of carbonyl (C=O) groups is 1. The monoisotopic (exact) mass is 278 g/mol. The summed E-state index contributed by atoms with van der Waals surface area (Å²) in [5, 5.41) is 4.16. The van der Waals surface area contributed by atoms with Crippen molar-refractivity contribution in [3.05, 3.63) is 76.7 Å².